The zero-order valence-electron chi connectivity index (χ0n) is 11.6. The summed E-state index contributed by atoms with van der Waals surface area (Å²) >= 11 is 0. The van der Waals surface area contributed by atoms with Crippen molar-refractivity contribution in [2.75, 3.05) is 38.0 Å². The quantitative estimate of drug-likeness (QED) is 0.370. The van der Waals surface area contributed by atoms with E-state index in [2.05, 4.69) is 19.1 Å². The Kier molecular flexibility index (Phi) is 6.14. The van der Waals surface area contributed by atoms with Gasteiger partial charge in [-0.05, 0) is 25.0 Å². The van der Waals surface area contributed by atoms with Crippen LogP contribution in [0, 0.1) is 0 Å². The van der Waals surface area contributed by atoms with Crippen LogP contribution in [0.25, 0.3) is 0 Å². The van der Waals surface area contributed by atoms with Crippen molar-refractivity contribution in [3.63, 3.8) is 0 Å². The average molecular weight is 265 g/mol. The zero-order chi connectivity index (χ0) is 13.3. The van der Waals surface area contributed by atoms with Gasteiger partial charge in [0.25, 0.3) is 0 Å². The van der Waals surface area contributed by atoms with E-state index in [4.69, 9.17) is 14.3 Å². The van der Waals surface area contributed by atoms with E-state index in [0.717, 1.165) is 51.5 Å². The van der Waals surface area contributed by atoms with Gasteiger partial charge in [-0.15, -0.1) is 0 Å². The summed E-state index contributed by atoms with van der Waals surface area (Å²) in [6.07, 6.45) is 2.31. The van der Waals surface area contributed by atoms with Gasteiger partial charge in [-0.1, -0.05) is 25.1 Å². The number of epoxide rings is 1. The molecule has 1 heterocycles. The fourth-order valence-electron chi connectivity index (χ4n) is 1.75. The molecule has 4 heteroatoms. The van der Waals surface area contributed by atoms with Crippen molar-refractivity contribution in [3.05, 3.63) is 30.3 Å². The number of nitrogens with zero attached hydrogens (tertiary/aromatic N) is 1. The van der Waals surface area contributed by atoms with E-state index in [1.807, 2.05) is 23.3 Å². The Morgan fingerprint density at radius 3 is 2.74 bits per heavy atom. The van der Waals surface area contributed by atoms with E-state index >= 15 is 0 Å². The molecule has 0 radical (unpaired) electrons. The Labute approximate surface area is 115 Å². The van der Waals surface area contributed by atoms with Crippen LogP contribution in [0.5, 0.6) is 0 Å². The third-order valence-corrected chi connectivity index (χ3v) is 2.85. The Morgan fingerprint density at radius 2 is 2.05 bits per heavy atom. The van der Waals surface area contributed by atoms with Crippen molar-refractivity contribution < 1.29 is 14.3 Å². The highest BCUT2D eigenvalue weighted by atomic mass is 16.7. The molecule has 1 unspecified atom stereocenters. The number of hydrogen-bond donors (Lipinski definition) is 0. The molecular formula is C15H23NO3. The van der Waals surface area contributed by atoms with Gasteiger partial charge in [0.15, 0.2) is 0 Å². The topological polar surface area (TPSA) is 34.2 Å². The van der Waals surface area contributed by atoms with Gasteiger partial charge in [0.1, 0.15) is 6.10 Å². The van der Waals surface area contributed by atoms with Crippen LogP contribution in [0.2, 0.25) is 0 Å². The minimum Gasteiger partial charge on any atom is -0.379 e. The van der Waals surface area contributed by atoms with Gasteiger partial charge in [-0.25, -0.2) is 0 Å². The average Bonchev–Trinajstić information content (AvgIpc) is 3.27. The molecule has 4 nitrogen and oxygen atoms in total. The van der Waals surface area contributed by atoms with Crippen LogP contribution in [-0.4, -0.2) is 39.1 Å². The van der Waals surface area contributed by atoms with Gasteiger partial charge >= 0.3 is 0 Å². The first-order chi connectivity index (χ1) is 9.40. The van der Waals surface area contributed by atoms with E-state index in [-0.39, 0.29) is 0 Å². The van der Waals surface area contributed by atoms with E-state index in [9.17, 15) is 0 Å². The number of para-hydroxylation sites is 1. The molecule has 106 valence electrons. The van der Waals surface area contributed by atoms with Crippen LogP contribution in [-0.2, 0) is 14.3 Å². The maximum absolute atomic E-state index is 5.77. The molecule has 1 saturated heterocycles. The van der Waals surface area contributed by atoms with Crippen LogP contribution in [0.1, 0.15) is 19.8 Å². The molecule has 19 heavy (non-hydrogen) atoms. The lowest BCUT2D eigenvalue weighted by atomic mass is 10.3. The van der Waals surface area contributed by atoms with Gasteiger partial charge in [0.05, 0.1) is 25.5 Å². The van der Waals surface area contributed by atoms with Crippen molar-refractivity contribution in [3.8, 4) is 0 Å². The summed E-state index contributed by atoms with van der Waals surface area (Å²) in [5.74, 6) is 0. The molecule has 0 N–H and O–H groups in total. The van der Waals surface area contributed by atoms with Crippen LogP contribution in [0.4, 0.5) is 5.69 Å². The van der Waals surface area contributed by atoms with E-state index in [1.165, 1.54) is 0 Å². The third-order valence-electron chi connectivity index (χ3n) is 2.85. The lowest BCUT2D eigenvalue weighted by Gasteiger charge is -2.23. The predicted octanol–water partition coefficient (Wildman–Crippen LogP) is 2.64. The monoisotopic (exact) mass is 265 g/mol. The van der Waals surface area contributed by atoms with Gasteiger partial charge in [-0.3, -0.25) is 9.90 Å². The second-order valence-electron chi connectivity index (χ2n) is 4.65. The smallest absolute Gasteiger partial charge is 0.104 e. The van der Waals surface area contributed by atoms with Gasteiger partial charge in [0, 0.05) is 13.2 Å². The van der Waals surface area contributed by atoms with E-state index in [0.29, 0.717) is 6.10 Å². The molecule has 0 aliphatic carbocycles. The van der Waals surface area contributed by atoms with Gasteiger partial charge in [-0.2, -0.15) is 0 Å². The highest BCUT2D eigenvalue weighted by molar-refractivity contribution is 5.43. The summed E-state index contributed by atoms with van der Waals surface area (Å²) in [6, 6.07) is 10.2. The standard InChI is InChI=1S/C15H23NO3/c1-2-10-19-16(14-7-4-3-5-8-14)9-6-11-17-12-15-13-18-15/h3-5,7-8,15H,2,6,9-13H2,1H3. The molecule has 0 saturated carbocycles. The first-order valence-corrected chi connectivity index (χ1v) is 7.05. The summed E-state index contributed by atoms with van der Waals surface area (Å²) in [5.41, 5.74) is 1.10. The Morgan fingerprint density at radius 1 is 1.26 bits per heavy atom. The minimum absolute atomic E-state index is 0.349. The number of rotatable bonds is 10. The minimum atomic E-state index is 0.349. The highest BCUT2D eigenvalue weighted by Crippen LogP contribution is 2.14. The third kappa shape index (κ3) is 5.59. The first-order valence-electron chi connectivity index (χ1n) is 7.05. The SMILES string of the molecule is CCCON(CCCOCC1CO1)c1ccccc1. The summed E-state index contributed by atoms with van der Waals surface area (Å²) in [4.78, 5) is 5.77. The highest BCUT2D eigenvalue weighted by Gasteiger charge is 2.22. The fourth-order valence-corrected chi connectivity index (χ4v) is 1.75. The van der Waals surface area contributed by atoms with Crippen molar-refractivity contribution in [2.24, 2.45) is 0 Å². The summed E-state index contributed by atoms with van der Waals surface area (Å²) in [5, 5.41) is 1.96. The summed E-state index contributed by atoms with van der Waals surface area (Å²) in [7, 11) is 0. The van der Waals surface area contributed by atoms with Crippen molar-refractivity contribution in [2.45, 2.75) is 25.9 Å². The van der Waals surface area contributed by atoms with Crippen LogP contribution in [0.3, 0.4) is 0 Å². The van der Waals surface area contributed by atoms with Crippen LogP contribution >= 0.6 is 0 Å². The van der Waals surface area contributed by atoms with Gasteiger partial charge in [0.2, 0.25) is 0 Å². The van der Waals surface area contributed by atoms with Crippen molar-refractivity contribution >= 4 is 5.69 Å². The molecule has 0 amide bonds. The molecule has 1 aromatic carbocycles. The molecule has 2 rings (SSSR count). The largest absolute Gasteiger partial charge is 0.379 e. The normalized spacial score (nSPS) is 17.4. The molecule has 1 fully saturated rings. The first kappa shape index (κ1) is 14.3. The van der Waals surface area contributed by atoms with Crippen molar-refractivity contribution in [1.29, 1.82) is 0 Å². The molecule has 0 spiro atoms. The molecule has 1 aromatic rings. The Bertz CT molecular complexity index is 341. The number of benzene rings is 1. The second kappa shape index (κ2) is 8.15. The number of hydroxylamine groups is 1. The summed E-state index contributed by atoms with van der Waals surface area (Å²) < 4.78 is 10.6. The second-order valence-corrected chi connectivity index (χ2v) is 4.65. The van der Waals surface area contributed by atoms with E-state index < -0.39 is 0 Å². The Hall–Kier alpha value is -1.10. The fraction of sp³-hybridized carbons (Fsp3) is 0.600. The molecular weight excluding hydrogens is 242 g/mol. The predicted molar refractivity (Wildman–Crippen MR) is 75.2 cm³/mol. The number of hydrogen-bond acceptors (Lipinski definition) is 4. The molecule has 1 aliphatic heterocycles. The zero-order valence-corrected chi connectivity index (χ0v) is 11.6. The maximum atomic E-state index is 5.77. The van der Waals surface area contributed by atoms with E-state index in [1.54, 1.807) is 0 Å². The van der Waals surface area contributed by atoms with Crippen molar-refractivity contribution in [1.82, 2.24) is 0 Å². The van der Waals surface area contributed by atoms with Gasteiger partial charge < -0.3 is 9.47 Å². The Balaban J connectivity index is 1.70. The summed E-state index contributed by atoms with van der Waals surface area (Å²) in [6.45, 7) is 6.03. The number of anilines is 1. The van der Waals surface area contributed by atoms with Crippen LogP contribution < -0.4 is 5.06 Å². The molecule has 0 bridgehead atoms. The molecule has 0 aromatic heterocycles. The van der Waals surface area contributed by atoms with Crippen LogP contribution in [0.15, 0.2) is 30.3 Å². The molecule has 1 aliphatic rings. The lowest BCUT2D eigenvalue weighted by molar-refractivity contribution is 0.0867. The molecule has 1 atom stereocenters. The number of ether oxygens (including phenoxy) is 2. The maximum Gasteiger partial charge on any atom is 0.104 e. The lowest BCUT2D eigenvalue weighted by Crippen LogP contribution is -2.26.